The molecule has 2 rings (SSSR count). The second kappa shape index (κ2) is 6.91. The summed E-state index contributed by atoms with van der Waals surface area (Å²) in [6.45, 7) is 2.08. The molecule has 20 heavy (non-hydrogen) atoms. The molecule has 0 saturated carbocycles. The summed E-state index contributed by atoms with van der Waals surface area (Å²) in [4.78, 5) is 0. The third-order valence-corrected chi connectivity index (χ3v) is 4.61. The van der Waals surface area contributed by atoms with Gasteiger partial charge in [0.15, 0.2) is 0 Å². The average molecular weight is 404 g/mol. The van der Waals surface area contributed by atoms with Crippen molar-refractivity contribution in [3.05, 3.63) is 49.8 Å². The first kappa shape index (κ1) is 15.8. The molecule has 3 nitrogen and oxygen atoms in total. The van der Waals surface area contributed by atoms with Gasteiger partial charge in [0, 0.05) is 23.1 Å². The van der Waals surface area contributed by atoms with Gasteiger partial charge < -0.3 is 5.32 Å². The monoisotopic (exact) mass is 403 g/mol. The minimum absolute atomic E-state index is 0.238. The molecule has 5 heteroatoms. The molecule has 1 unspecified atom stereocenters. The first-order valence-corrected chi connectivity index (χ1v) is 8.15. The summed E-state index contributed by atoms with van der Waals surface area (Å²) in [6.07, 6.45) is 1.69. The van der Waals surface area contributed by atoms with E-state index in [9.17, 15) is 0 Å². The molecule has 0 radical (unpaired) electrons. The Balaban J connectivity index is 2.29. The molecular weight excluding hydrogens is 385 g/mol. The van der Waals surface area contributed by atoms with Crippen molar-refractivity contribution in [3.8, 4) is 0 Å². The fourth-order valence-corrected chi connectivity index (χ4v) is 3.28. The molecule has 108 valence electrons. The van der Waals surface area contributed by atoms with Gasteiger partial charge in [0.25, 0.3) is 0 Å². The Kier molecular flexibility index (Phi) is 5.46. The predicted molar refractivity (Wildman–Crippen MR) is 92.3 cm³/mol. The van der Waals surface area contributed by atoms with Crippen molar-refractivity contribution >= 4 is 34.2 Å². The third kappa shape index (κ3) is 3.35. The Morgan fingerprint density at radius 3 is 2.75 bits per heavy atom. The van der Waals surface area contributed by atoms with E-state index in [2.05, 4.69) is 64.2 Å². The van der Waals surface area contributed by atoms with E-state index in [1.807, 2.05) is 18.8 Å². The summed E-state index contributed by atoms with van der Waals surface area (Å²) in [7, 11) is 3.94. The third-order valence-electron chi connectivity index (χ3n) is 3.50. The smallest absolute Gasteiger partial charge is 0.0850 e. The van der Waals surface area contributed by atoms with Gasteiger partial charge in [0.2, 0.25) is 0 Å². The van der Waals surface area contributed by atoms with Gasteiger partial charge in [-0.1, -0.05) is 30.7 Å². The van der Waals surface area contributed by atoms with Crippen molar-refractivity contribution in [3.63, 3.8) is 0 Å². The first-order valence-electron chi connectivity index (χ1n) is 6.69. The average Bonchev–Trinajstić information content (AvgIpc) is 2.71. The van der Waals surface area contributed by atoms with E-state index in [4.69, 9.17) is 11.6 Å². The number of benzene rings is 1. The molecule has 2 aromatic rings. The molecule has 1 aromatic heterocycles. The van der Waals surface area contributed by atoms with Gasteiger partial charge in [-0.2, -0.15) is 5.10 Å². The van der Waals surface area contributed by atoms with Crippen LogP contribution in [0.5, 0.6) is 0 Å². The Bertz CT molecular complexity index is 595. The number of hydrogen-bond donors (Lipinski definition) is 1. The molecule has 0 aliphatic carbocycles. The Labute approximate surface area is 138 Å². The number of rotatable bonds is 5. The molecule has 1 atom stereocenters. The second-order valence-electron chi connectivity index (χ2n) is 4.78. The lowest BCUT2D eigenvalue weighted by atomic mass is 10.0. The fourth-order valence-electron chi connectivity index (χ4n) is 2.34. The molecule has 0 aliphatic heterocycles. The number of halogens is 2. The SMILES string of the molecule is CCc1nn(C)c(CC(NC)c2cccc(I)c2)c1Cl. The predicted octanol–water partition coefficient (Wildman–Crippen LogP) is 3.74. The van der Waals surface area contributed by atoms with E-state index < -0.39 is 0 Å². The highest BCUT2D eigenvalue weighted by atomic mass is 127. The van der Waals surface area contributed by atoms with Crippen LogP contribution in [0.3, 0.4) is 0 Å². The van der Waals surface area contributed by atoms with Crippen molar-refractivity contribution < 1.29 is 0 Å². The molecule has 0 saturated heterocycles. The van der Waals surface area contributed by atoms with Gasteiger partial charge >= 0.3 is 0 Å². The minimum atomic E-state index is 0.238. The maximum Gasteiger partial charge on any atom is 0.0850 e. The van der Waals surface area contributed by atoms with E-state index in [-0.39, 0.29) is 6.04 Å². The second-order valence-corrected chi connectivity index (χ2v) is 6.41. The summed E-state index contributed by atoms with van der Waals surface area (Å²) >= 11 is 8.78. The number of nitrogens with zero attached hydrogens (tertiary/aromatic N) is 2. The minimum Gasteiger partial charge on any atom is -0.313 e. The lowest BCUT2D eigenvalue weighted by Crippen LogP contribution is -2.20. The van der Waals surface area contributed by atoms with Crippen molar-refractivity contribution in [2.75, 3.05) is 7.05 Å². The maximum absolute atomic E-state index is 6.44. The maximum atomic E-state index is 6.44. The van der Waals surface area contributed by atoms with Crippen molar-refractivity contribution in [2.45, 2.75) is 25.8 Å². The lowest BCUT2D eigenvalue weighted by molar-refractivity contribution is 0.561. The zero-order valence-corrected chi connectivity index (χ0v) is 14.9. The largest absolute Gasteiger partial charge is 0.313 e. The zero-order chi connectivity index (χ0) is 14.7. The molecule has 1 N–H and O–H groups in total. The van der Waals surface area contributed by atoms with Gasteiger partial charge in [-0.05, 0) is 53.8 Å². The van der Waals surface area contributed by atoms with Crippen LogP contribution in [0, 0.1) is 3.57 Å². The highest BCUT2D eigenvalue weighted by Crippen LogP contribution is 2.26. The Morgan fingerprint density at radius 2 is 2.20 bits per heavy atom. The molecule has 1 aromatic carbocycles. The number of nitrogens with one attached hydrogen (secondary N) is 1. The normalized spacial score (nSPS) is 12.7. The van der Waals surface area contributed by atoms with Crippen LogP contribution in [0.25, 0.3) is 0 Å². The van der Waals surface area contributed by atoms with E-state index in [0.29, 0.717) is 0 Å². The van der Waals surface area contributed by atoms with Crippen LogP contribution in [0.15, 0.2) is 24.3 Å². The van der Waals surface area contributed by atoms with Gasteiger partial charge in [0.05, 0.1) is 16.4 Å². The van der Waals surface area contributed by atoms with Crippen LogP contribution in [0.4, 0.5) is 0 Å². The van der Waals surface area contributed by atoms with Crippen molar-refractivity contribution in [1.82, 2.24) is 15.1 Å². The summed E-state index contributed by atoms with van der Waals surface area (Å²) in [5, 5.41) is 8.66. The summed E-state index contributed by atoms with van der Waals surface area (Å²) < 4.78 is 3.14. The fraction of sp³-hybridized carbons (Fsp3) is 0.400. The first-order chi connectivity index (χ1) is 9.56. The molecule has 0 spiro atoms. The van der Waals surface area contributed by atoms with E-state index in [1.54, 1.807) is 0 Å². The molecule has 0 fully saturated rings. The van der Waals surface area contributed by atoms with E-state index >= 15 is 0 Å². The number of hydrogen-bond acceptors (Lipinski definition) is 2. The van der Waals surface area contributed by atoms with Crippen molar-refractivity contribution in [1.29, 1.82) is 0 Å². The zero-order valence-electron chi connectivity index (χ0n) is 12.0. The van der Waals surface area contributed by atoms with Gasteiger partial charge in [-0.25, -0.2) is 0 Å². The van der Waals surface area contributed by atoms with Crippen LogP contribution < -0.4 is 5.32 Å². The topological polar surface area (TPSA) is 29.9 Å². The van der Waals surface area contributed by atoms with E-state index in [1.165, 1.54) is 9.13 Å². The van der Waals surface area contributed by atoms with E-state index in [0.717, 1.165) is 29.3 Å². The van der Waals surface area contributed by atoms with Crippen LogP contribution in [0.1, 0.15) is 29.9 Å². The van der Waals surface area contributed by atoms with Crippen LogP contribution in [0.2, 0.25) is 5.02 Å². The summed E-state index contributed by atoms with van der Waals surface area (Å²) in [6, 6.07) is 8.77. The number of aromatic nitrogens is 2. The highest BCUT2D eigenvalue weighted by Gasteiger charge is 2.18. The van der Waals surface area contributed by atoms with Crippen LogP contribution in [-0.2, 0) is 19.9 Å². The summed E-state index contributed by atoms with van der Waals surface area (Å²) in [5.41, 5.74) is 3.33. The van der Waals surface area contributed by atoms with Gasteiger partial charge in [-0.3, -0.25) is 4.68 Å². The molecule has 0 aliphatic rings. The summed E-state index contributed by atoms with van der Waals surface area (Å²) in [5.74, 6) is 0. The Morgan fingerprint density at radius 1 is 1.45 bits per heavy atom. The standard InChI is InChI=1S/C15H19ClIN3/c1-4-12-15(16)14(20(3)19-12)9-13(18-2)10-6-5-7-11(17)8-10/h5-8,13,18H,4,9H2,1-3H3. The molecule has 0 amide bonds. The number of likely N-dealkylation sites (N-methyl/N-ethyl adjacent to an activating group) is 1. The van der Waals surface area contributed by atoms with Crippen LogP contribution in [-0.4, -0.2) is 16.8 Å². The van der Waals surface area contributed by atoms with Crippen LogP contribution >= 0.6 is 34.2 Å². The molecule has 1 heterocycles. The molecular formula is C15H19ClIN3. The van der Waals surface area contributed by atoms with Crippen molar-refractivity contribution in [2.24, 2.45) is 7.05 Å². The molecule has 0 bridgehead atoms. The lowest BCUT2D eigenvalue weighted by Gasteiger charge is -2.17. The Hall–Kier alpha value is -0.590. The number of aryl methyl sites for hydroxylation is 2. The van der Waals surface area contributed by atoms with Gasteiger partial charge in [-0.15, -0.1) is 0 Å². The highest BCUT2D eigenvalue weighted by molar-refractivity contribution is 14.1. The van der Waals surface area contributed by atoms with Gasteiger partial charge in [0.1, 0.15) is 0 Å². The quantitative estimate of drug-likeness (QED) is 0.771.